The van der Waals surface area contributed by atoms with Crippen molar-refractivity contribution < 1.29 is 23.9 Å². The number of hydrogen-bond acceptors (Lipinski definition) is 5. The van der Waals surface area contributed by atoms with E-state index in [1.807, 2.05) is 26.8 Å². The smallest absolute Gasteiger partial charge is 0.331 e. The molecule has 0 unspecified atom stereocenters. The Hall–Kier alpha value is -3.41. The lowest BCUT2D eigenvalue weighted by molar-refractivity contribution is -0.136. The van der Waals surface area contributed by atoms with Gasteiger partial charge < -0.3 is 14.8 Å². The van der Waals surface area contributed by atoms with Crippen molar-refractivity contribution in [2.75, 3.05) is 19.0 Å². The van der Waals surface area contributed by atoms with Crippen LogP contribution in [-0.4, -0.2) is 31.4 Å². The lowest BCUT2D eigenvalue weighted by Gasteiger charge is -2.17. The van der Waals surface area contributed by atoms with E-state index in [1.54, 1.807) is 55.7 Å². The van der Waals surface area contributed by atoms with Gasteiger partial charge in [-0.05, 0) is 48.0 Å². The molecule has 152 valence electrons. The number of ketones is 1. The van der Waals surface area contributed by atoms with Gasteiger partial charge in [-0.3, -0.25) is 9.59 Å². The van der Waals surface area contributed by atoms with E-state index < -0.39 is 11.4 Å². The molecule has 0 aliphatic carbocycles. The number of rotatable bonds is 7. The zero-order valence-electron chi connectivity index (χ0n) is 17.0. The van der Waals surface area contributed by atoms with E-state index in [2.05, 4.69) is 5.32 Å². The second-order valence-corrected chi connectivity index (χ2v) is 7.42. The van der Waals surface area contributed by atoms with E-state index in [-0.39, 0.29) is 18.3 Å². The molecule has 2 rings (SSSR count). The molecule has 6 nitrogen and oxygen atoms in total. The molecule has 1 N–H and O–H groups in total. The fraction of sp³-hybridized carbons (Fsp3) is 0.261. The SMILES string of the molecule is COc1cccc(/C=C/C(=O)OCC(=O)c2ccc(NC(=O)C(C)(C)C)cc2)c1. The molecule has 0 heterocycles. The topological polar surface area (TPSA) is 81.7 Å². The van der Waals surface area contributed by atoms with Crippen molar-refractivity contribution in [2.24, 2.45) is 5.41 Å². The Morgan fingerprint density at radius 3 is 2.34 bits per heavy atom. The summed E-state index contributed by atoms with van der Waals surface area (Å²) < 4.78 is 10.1. The largest absolute Gasteiger partial charge is 0.497 e. The third kappa shape index (κ3) is 6.92. The van der Waals surface area contributed by atoms with Crippen LogP contribution in [0.1, 0.15) is 36.7 Å². The van der Waals surface area contributed by atoms with Gasteiger partial charge in [0.15, 0.2) is 12.4 Å². The standard InChI is InChI=1S/C23H25NO5/c1-23(2,3)22(27)24-18-11-9-17(10-12-18)20(25)15-29-21(26)13-8-16-6-5-7-19(14-16)28-4/h5-14H,15H2,1-4H3,(H,24,27)/b13-8+. The molecule has 0 bridgehead atoms. The molecule has 1 amide bonds. The molecule has 0 saturated heterocycles. The van der Waals surface area contributed by atoms with Crippen LogP contribution in [-0.2, 0) is 14.3 Å². The predicted molar refractivity (Wildman–Crippen MR) is 112 cm³/mol. The van der Waals surface area contributed by atoms with Gasteiger partial charge in [0.05, 0.1) is 7.11 Å². The molecular weight excluding hydrogens is 370 g/mol. The van der Waals surface area contributed by atoms with Gasteiger partial charge in [0.2, 0.25) is 5.91 Å². The summed E-state index contributed by atoms with van der Waals surface area (Å²) in [6, 6.07) is 13.6. The van der Waals surface area contributed by atoms with E-state index in [0.717, 1.165) is 5.56 Å². The van der Waals surface area contributed by atoms with Gasteiger partial charge >= 0.3 is 5.97 Å². The summed E-state index contributed by atoms with van der Waals surface area (Å²) in [6.45, 7) is 5.08. The molecule has 0 aromatic heterocycles. The Kier molecular flexibility index (Phi) is 7.31. The highest BCUT2D eigenvalue weighted by Gasteiger charge is 2.21. The summed E-state index contributed by atoms with van der Waals surface area (Å²) in [6.07, 6.45) is 2.84. The van der Waals surface area contributed by atoms with Gasteiger partial charge in [0.25, 0.3) is 0 Å². The van der Waals surface area contributed by atoms with Gasteiger partial charge in [-0.25, -0.2) is 4.79 Å². The number of anilines is 1. The van der Waals surface area contributed by atoms with Crippen LogP contribution < -0.4 is 10.1 Å². The second kappa shape index (κ2) is 9.68. The van der Waals surface area contributed by atoms with E-state index in [1.165, 1.54) is 6.08 Å². The Morgan fingerprint density at radius 2 is 1.72 bits per heavy atom. The third-order valence-electron chi connectivity index (χ3n) is 4.00. The number of hydrogen-bond donors (Lipinski definition) is 1. The van der Waals surface area contributed by atoms with Crippen LogP contribution in [0.4, 0.5) is 5.69 Å². The van der Waals surface area contributed by atoms with E-state index >= 15 is 0 Å². The van der Waals surface area contributed by atoms with Crippen LogP contribution in [0.5, 0.6) is 5.75 Å². The normalized spacial score (nSPS) is 11.2. The number of ether oxygens (including phenoxy) is 2. The van der Waals surface area contributed by atoms with Crippen molar-refractivity contribution in [3.8, 4) is 5.75 Å². The molecule has 0 aliphatic rings. The molecule has 0 radical (unpaired) electrons. The van der Waals surface area contributed by atoms with Crippen molar-refractivity contribution in [3.05, 3.63) is 65.7 Å². The van der Waals surface area contributed by atoms with Crippen molar-refractivity contribution >= 4 is 29.4 Å². The summed E-state index contributed by atoms with van der Waals surface area (Å²) in [5.41, 5.74) is 1.25. The molecular formula is C23H25NO5. The van der Waals surface area contributed by atoms with Crippen LogP contribution in [0.15, 0.2) is 54.6 Å². The molecule has 6 heteroatoms. The molecule has 0 saturated carbocycles. The van der Waals surface area contributed by atoms with Crippen molar-refractivity contribution in [1.29, 1.82) is 0 Å². The summed E-state index contributed by atoms with van der Waals surface area (Å²) >= 11 is 0. The van der Waals surface area contributed by atoms with Gasteiger partial charge in [0, 0.05) is 22.7 Å². The van der Waals surface area contributed by atoms with Crippen LogP contribution in [0.2, 0.25) is 0 Å². The van der Waals surface area contributed by atoms with Crippen LogP contribution in [0.3, 0.4) is 0 Å². The van der Waals surface area contributed by atoms with E-state index in [9.17, 15) is 14.4 Å². The zero-order valence-corrected chi connectivity index (χ0v) is 17.0. The van der Waals surface area contributed by atoms with Crippen LogP contribution in [0, 0.1) is 5.41 Å². The first-order chi connectivity index (χ1) is 13.7. The maximum Gasteiger partial charge on any atom is 0.331 e. The number of carbonyl (C=O) groups excluding carboxylic acids is 3. The number of methoxy groups -OCH3 is 1. The van der Waals surface area contributed by atoms with Crippen molar-refractivity contribution in [1.82, 2.24) is 0 Å². The van der Waals surface area contributed by atoms with Gasteiger partial charge in [-0.2, -0.15) is 0 Å². The highest BCUT2D eigenvalue weighted by molar-refractivity contribution is 6.00. The van der Waals surface area contributed by atoms with Gasteiger partial charge in [-0.1, -0.05) is 32.9 Å². The zero-order chi connectivity index (χ0) is 21.4. The van der Waals surface area contributed by atoms with E-state index in [4.69, 9.17) is 9.47 Å². The Morgan fingerprint density at radius 1 is 1.03 bits per heavy atom. The lowest BCUT2D eigenvalue weighted by atomic mass is 9.95. The maximum absolute atomic E-state index is 12.2. The first-order valence-electron chi connectivity index (χ1n) is 9.12. The summed E-state index contributed by atoms with van der Waals surface area (Å²) in [4.78, 5) is 36.0. The van der Waals surface area contributed by atoms with Crippen LogP contribution in [0.25, 0.3) is 6.08 Å². The third-order valence-corrected chi connectivity index (χ3v) is 4.00. The first kappa shape index (κ1) is 21.9. The fourth-order valence-electron chi connectivity index (χ4n) is 2.24. The number of carbonyl (C=O) groups is 3. The Bertz CT molecular complexity index is 908. The summed E-state index contributed by atoms with van der Waals surface area (Å²) in [7, 11) is 1.56. The molecule has 0 aliphatic heterocycles. The molecule has 2 aromatic rings. The molecule has 2 aromatic carbocycles. The average molecular weight is 395 g/mol. The Labute approximate surface area is 170 Å². The predicted octanol–water partition coefficient (Wildman–Crippen LogP) is 4.12. The monoisotopic (exact) mass is 395 g/mol. The highest BCUT2D eigenvalue weighted by atomic mass is 16.5. The lowest BCUT2D eigenvalue weighted by Crippen LogP contribution is -2.27. The number of Topliss-reactive ketones (excluding diaryl/α,β-unsaturated/α-hetero) is 1. The summed E-state index contributed by atoms with van der Waals surface area (Å²) in [5, 5.41) is 2.79. The minimum Gasteiger partial charge on any atom is -0.497 e. The molecule has 0 spiro atoms. The number of nitrogens with one attached hydrogen (secondary N) is 1. The minimum absolute atomic E-state index is 0.117. The van der Waals surface area contributed by atoms with Crippen molar-refractivity contribution in [2.45, 2.75) is 20.8 Å². The fourth-order valence-corrected chi connectivity index (χ4v) is 2.24. The van der Waals surface area contributed by atoms with E-state index in [0.29, 0.717) is 17.0 Å². The number of amides is 1. The van der Waals surface area contributed by atoms with Crippen LogP contribution >= 0.6 is 0 Å². The Balaban J connectivity index is 1.87. The molecule has 0 atom stereocenters. The number of esters is 1. The summed E-state index contributed by atoms with van der Waals surface area (Å²) in [5.74, 6) is -0.386. The maximum atomic E-state index is 12.2. The average Bonchev–Trinajstić information content (AvgIpc) is 2.70. The number of benzene rings is 2. The van der Waals surface area contributed by atoms with Gasteiger partial charge in [0.1, 0.15) is 5.75 Å². The quantitative estimate of drug-likeness (QED) is 0.433. The minimum atomic E-state index is -0.616. The van der Waals surface area contributed by atoms with Crippen molar-refractivity contribution in [3.63, 3.8) is 0 Å². The molecule has 29 heavy (non-hydrogen) atoms. The second-order valence-electron chi connectivity index (χ2n) is 7.42. The molecule has 0 fully saturated rings. The van der Waals surface area contributed by atoms with Gasteiger partial charge in [-0.15, -0.1) is 0 Å². The highest BCUT2D eigenvalue weighted by Crippen LogP contribution is 2.18. The first-order valence-corrected chi connectivity index (χ1v) is 9.12.